The Morgan fingerprint density at radius 2 is 2.03 bits per heavy atom. The summed E-state index contributed by atoms with van der Waals surface area (Å²) in [6, 6.07) is 13.9. The van der Waals surface area contributed by atoms with Gasteiger partial charge in [0.05, 0.1) is 7.11 Å². The second-order valence-electron chi connectivity index (χ2n) is 7.06. The predicted molar refractivity (Wildman–Crippen MR) is 117 cm³/mol. The lowest BCUT2D eigenvalue weighted by Gasteiger charge is -2.06. The number of ether oxygens (including phenoxy) is 3. The van der Waals surface area contributed by atoms with E-state index in [1.54, 1.807) is 7.11 Å². The number of benzene rings is 2. The first-order valence-electron chi connectivity index (χ1n) is 9.96. The number of hydrogen-bond acceptors (Lipinski definition) is 6. The summed E-state index contributed by atoms with van der Waals surface area (Å²) in [5.41, 5.74) is 2.30. The largest absolute Gasteiger partial charge is 0.496 e. The lowest BCUT2D eigenvalue weighted by molar-refractivity contribution is -0.116. The van der Waals surface area contributed by atoms with Gasteiger partial charge in [0, 0.05) is 23.9 Å². The number of methoxy groups -OCH3 is 1. The fourth-order valence-corrected chi connectivity index (χ4v) is 4.23. The van der Waals surface area contributed by atoms with Crippen molar-refractivity contribution in [3.63, 3.8) is 0 Å². The highest BCUT2D eigenvalue weighted by Gasteiger charge is 2.13. The van der Waals surface area contributed by atoms with Gasteiger partial charge in [-0.3, -0.25) is 4.79 Å². The maximum atomic E-state index is 12.2. The molecule has 4 rings (SSSR count). The van der Waals surface area contributed by atoms with Gasteiger partial charge in [0.2, 0.25) is 12.7 Å². The van der Waals surface area contributed by atoms with Crippen LogP contribution in [0.15, 0.2) is 48.7 Å². The number of fused-ring (bicyclic) bond motifs is 1. The normalized spacial score (nSPS) is 12.0. The molecule has 0 saturated carbocycles. The van der Waals surface area contributed by atoms with E-state index in [4.69, 9.17) is 14.2 Å². The number of carbonyl (C=O) groups excluding carboxylic acids is 1. The summed E-state index contributed by atoms with van der Waals surface area (Å²) in [7, 11) is 1.67. The first-order valence-corrected chi connectivity index (χ1v) is 10.8. The second-order valence-corrected chi connectivity index (χ2v) is 8.18. The monoisotopic (exact) mass is 424 g/mol. The van der Waals surface area contributed by atoms with E-state index in [2.05, 4.69) is 10.3 Å². The van der Waals surface area contributed by atoms with Gasteiger partial charge in [-0.15, -0.1) is 11.3 Å². The van der Waals surface area contributed by atoms with Crippen LogP contribution in [-0.4, -0.2) is 24.8 Å². The number of thiazole rings is 1. The number of para-hydroxylation sites is 1. The molecule has 0 bridgehead atoms. The molecule has 7 heteroatoms. The molecule has 2 heterocycles. The molecular formula is C23H24N2O4S. The zero-order chi connectivity index (χ0) is 20.8. The summed E-state index contributed by atoms with van der Waals surface area (Å²) in [4.78, 5) is 17.7. The van der Waals surface area contributed by atoms with Crippen LogP contribution < -0.4 is 19.5 Å². The van der Waals surface area contributed by atoms with Crippen molar-refractivity contribution in [3.05, 3.63) is 64.7 Å². The van der Waals surface area contributed by atoms with Gasteiger partial charge in [-0.1, -0.05) is 24.3 Å². The molecule has 2 aromatic carbocycles. The summed E-state index contributed by atoms with van der Waals surface area (Å²) < 4.78 is 16.1. The highest BCUT2D eigenvalue weighted by molar-refractivity contribution is 7.15. The van der Waals surface area contributed by atoms with E-state index in [0.29, 0.717) is 11.6 Å². The van der Waals surface area contributed by atoms with E-state index in [1.165, 1.54) is 16.9 Å². The van der Waals surface area contributed by atoms with Crippen molar-refractivity contribution in [1.82, 2.24) is 4.98 Å². The maximum Gasteiger partial charge on any atom is 0.231 e. The average molecular weight is 425 g/mol. The summed E-state index contributed by atoms with van der Waals surface area (Å²) in [5, 5.41) is 3.55. The van der Waals surface area contributed by atoms with Crippen molar-refractivity contribution in [3.8, 4) is 17.2 Å². The number of unbranched alkanes of at least 4 members (excludes halogenated alkanes) is 1. The number of carbonyl (C=O) groups is 1. The number of aryl methyl sites for hydroxylation is 1. The highest BCUT2D eigenvalue weighted by atomic mass is 32.1. The number of rotatable bonds is 9. The number of anilines is 1. The Morgan fingerprint density at radius 3 is 2.93 bits per heavy atom. The van der Waals surface area contributed by atoms with Gasteiger partial charge < -0.3 is 19.5 Å². The fraction of sp³-hybridized carbons (Fsp3) is 0.304. The van der Waals surface area contributed by atoms with E-state index in [9.17, 15) is 4.79 Å². The van der Waals surface area contributed by atoms with Crippen LogP contribution in [0, 0.1) is 0 Å². The highest BCUT2D eigenvalue weighted by Crippen LogP contribution is 2.33. The first-order chi connectivity index (χ1) is 14.7. The number of nitrogens with one attached hydrogen (secondary N) is 1. The lowest BCUT2D eigenvalue weighted by Crippen LogP contribution is -2.10. The first kappa shape index (κ1) is 20.2. The minimum Gasteiger partial charge on any atom is -0.496 e. The molecular weight excluding hydrogens is 400 g/mol. The molecule has 0 unspecified atom stereocenters. The van der Waals surface area contributed by atoms with Gasteiger partial charge in [-0.25, -0.2) is 4.98 Å². The van der Waals surface area contributed by atoms with E-state index in [0.717, 1.165) is 53.4 Å². The van der Waals surface area contributed by atoms with E-state index >= 15 is 0 Å². The molecule has 0 aliphatic carbocycles. The van der Waals surface area contributed by atoms with Gasteiger partial charge in [-0.05, 0) is 48.6 Å². The molecule has 1 aromatic heterocycles. The SMILES string of the molecule is COc1ccccc1Cc1cnc(NC(=O)CCCCc2ccc3c(c2)OCO3)s1. The average Bonchev–Trinajstić information content (AvgIpc) is 3.40. The van der Waals surface area contributed by atoms with Crippen molar-refractivity contribution in [2.24, 2.45) is 0 Å². The van der Waals surface area contributed by atoms with Crippen molar-refractivity contribution in [1.29, 1.82) is 0 Å². The molecule has 0 fully saturated rings. The zero-order valence-corrected chi connectivity index (χ0v) is 17.7. The number of aromatic nitrogens is 1. The molecule has 1 amide bonds. The quantitative estimate of drug-likeness (QED) is 0.499. The van der Waals surface area contributed by atoms with Crippen LogP contribution in [-0.2, 0) is 17.6 Å². The van der Waals surface area contributed by atoms with Crippen molar-refractivity contribution in [2.45, 2.75) is 32.1 Å². The van der Waals surface area contributed by atoms with Gasteiger partial charge in [0.1, 0.15) is 5.75 Å². The van der Waals surface area contributed by atoms with Gasteiger partial charge >= 0.3 is 0 Å². The smallest absolute Gasteiger partial charge is 0.231 e. The van der Waals surface area contributed by atoms with E-state index in [1.807, 2.05) is 48.7 Å². The zero-order valence-electron chi connectivity index (χ0n) is 16.8. The van der Waals surface area contributed by atoms with Crippen LogP contribution in [0.1, 0.15) is 35.3 Å². The maximum absolute atomic E-state index is 12.2. The topological polar surface area (TPSA) is 69.7 Å². The summed E-state index contributed by atoms with van der Waals surface area (Å²) in [5.74, 6) is 2.46. The Morgan fingerprint density at radius 1 is 1.17 bits per heavy atom. The van der Waals surface area contributed by atoms with Crippen LogP contribution in [0.5, 0.6) is 17.2 Å². The summed E-state index contributed by atoms with van der Waals surface area (Å²) in [6.45, 7) is 0.288. The van der Waals surface area contributed by atoms with E-state index < -0.39 is 0 Å². The minimum absolute atomic E-state index is 0.00104. The standard InChI is InChI=1S/C23H24N2O4S/c1-27-19-8-4-3-7-17(19)13-18-14-24-23(30-18)25-22(26)9-5-2-6-16-10-11-20-21(12-16)29-15-28-20/h3-4,7-8,10-12,14H,2,5-6,9,13,15H2,1H3,(H,24,25,26). The van der Waals surface area contributed by atoms with E-state index in [-0.39, 0.29) is 12.7 Å². The Bertz CT molecular complexity index is 1020. The molecule has 0 atom stereocenters. The van der Waals surface area contributed by atoms with Gasteiger partial charge in [0.15, 0.2) is 16.6 Å². The van der Waals surface area contributed by atoms with Crippen LogP contribution in [0.25, 0.3) is 0 Å². The Labute approximate surface area is 179 Å². The number of hydrogen-bond donors (Lipinski definition) is 1. The Kier molecular flexibility index (Phi) is 6.49. The number of amides is 1. The van der Waals surface area contributed by atoms with Crippen LogP contribution in [0.2, 0.25) is 0 Å². The number of nitrogens with zero attached hydrogens (tertiary/aromatic N) is 1. The Balaban J connectivity index is 1.21. The van der Waals surface area contributed by atoms with Crippen molar-refractivity contribution >= 4 is 22.4 Å². The van der Waals surface area contributed by atoms with Crippen LogP contribution in [0.3, 0.4) is 0 Å². The predicted octanol–water partition coefficient (Wildman–Crippen LogP) is 4.82. The third-order valence-electron chi connectivity index (χ3n) is 4.91. The molecule has 1 aliphatic heterocycles. The molecule has 1 N–H and O–H groups in total. The Hall–Kier alpha value is -3.06. The van der Waals surface area contributed by atoms with Crippen LogP contribution >= 0.6 is 11.3 Å². The molecule has 156 valence electrons. The molecule has 0 radical (unpaired) electrons. The minimum atomic E-state index is -0.00104. The summed E-state index contributed by atoms with van der Waals surface area (Å²) >= 11 is 1.50. The molecule has 6 nitrogen and oxygen atoms in total. The molecule has 0 saturated heterocycles. The molecule has 1 aliphatic rings. The molecule has 0 spiro atoms. The fourth-order valence-electron chi connectivity index (χ4n) is 3.38. The third-order valence-corrected chi connectivity index (χ3v) is 5.83. The molecule has 30 heavy (non-hydrogen) atoms. The van der Waals surface area contributed by atoms with Crippen molar-refractivity contribution < 1.29 is 19.0 Å². The van der Waals surface area contributed by atoms with Gasteiger partial charge in [-0.2, -0.15) is 0 Å². The third kappa shape index (κ3) is 5.10. The lowest BCUT2D eigenvalue weighted by atomic mass is 10.1. The molecule has 3 aromatic rings. The van der Waals surface area contributed by atoms with Crippen molar-refractivity contribution in [2.75, 3.05) is 19.2 Å². The second kappa shape index (κ2) is 9.63. The van der Waals surface area contributed by atoms with Gasteiger partial charge in [0.25, 0.3) is 0 Å². The van der Waals surface area contributed by atoms with Crippen LogP contribution in [0.4, 0.5) is 5.13 Å². The summed E-state index contributed by atoms with van der Waals surface area (Å²) in [6.07, 6.45) is 5.68.